The van der Waals surface area contributed by atoms with Crippen molar-refractivity contribution in [3.05, 3.63) is 35.1 Å². The molecular weight excluding hydrogens is 279 g/mol. The normalized spacial score (nSPS) is 24.4. The predicted molar refractivity (Wildman–Crippen MR) is 84.1 cm³/mol. The number of thiocarbonyl (C=S) groups is 1. The maximum Gasteiger partial charge on any atom is 0.123 e. The molecule has 0 saturated carbocycles. The minimum atomic E-state index is -0.234. The van der Waals surface area contributed by atoms with E-state index >= 15 is 0 Å². The standard InChI is InChI=1S/C14H19FN2S2/c1-9-10(2)19-6-5-17(9)8-11-7-12(15)3-4-13(11)14(16)18/h3-4,7,9-10H,5-6,8H2,1-2H3,(H2,16,18). The van der Waals surface area contributed by atoms with Crippen molar-refractivity contribution >= 4 is 29.0 Å². The predicted octanol–water partition coefficient (Wildman–Crippen LogP) is 2.79. The van der Waals surface area contributed by atoms with Crippen molar-refractivity contribution in [2.75, 3.05) is 12.3 Å². The summed E-state index contributed by atoms with van der Waals surface area (Å²) in [6, 6.07) is 5.12. The van der Waals surface area contributed by atoms with Gasteiger partial charge in [-0.25, -0.2) is 4.39 Å². The molecular formula is C14H19FN2S2. The van der Waals surface area contributed by atoms with Gasteiger partial charge in [-0.2, -0.15) is 11.8 Å². The van der Waals surface area contributed by atoms with E-state index in [1.54, 1.807) is 12.1 Å². The Hall–Kier alpha value is -0.650. The number of nitrogens with two attached hydrogens (primary N) is 1. The van der Waals surface area contributed by atoms with Crippen LogP contribution in [-0.2, 0) is 6.54 Å². The van der Waals surface area contributed by atoms with E-state index in [0.717, 1.165) is 23.4 Å². The minimum absolute atomic E-state index is 0.234. The lowest BCUT2D eigenvalue weighted by atomic mass is 10.1. The molecule has 2 nitrogen and oxygen atoms in total. The molecule has 0 aromatic heterocycles. The van der Waals surface area contributed by atoms with Crippen molar-refractivity contribution in [1.82, 2.24) is 4.90 Å². The maximum atomic E-state index is 13.4. The highest BCUT2D eigenvalue weighted by Gasteiger charge is 2.25. The first-order chi connectivity index (χ1) is 8.99. The van der Waals surface area contributed by atoms with E-state index < -0.39 is 0 Å². The first kappa shape index (κ1) is 14.8. The summed E-state index contributed by atoms with van der Waals surface area (Å²) in [6.07, 6.45) is 0. The van der Waals surface area contributed by atoms with Crippen LogP contribution < -0.4 is 5.73 Å². The number of rotatable bonds is 3. The lowest BCUT2D eigenvalue weighted by Gasteiger charge is -2.37. The van der Waals surface area contributed by atoms with Gasteiger partial charge in [0.25, 0.3) is 0 Å². The molecule has 1 aromatic rings. The van der Waals surface area contributed by atoms with Crippen LogP contribution >= 0.6 is 24.0 Å². The lowest BCUT2D eigenvalue weighted by Crippen LogP contribution is -2.44. The third-order valence-corrected chi connectivity index (χ3v) is 5.28. The van der Waals surface area contributed by atoms with Crippen LogP contribution in [0.3, 0.4) is 0 Å². The molecule has 0 spiro atoms. The quantitative estimate of drug-likeness (QED) is 0.869. The molecule has 1 saturated heterocycles. The van der Waals surface area contributed by atoms with Crippen LogP contribution in [0.1, 0.15) is 25.0 Å². The minimum Gasteiger partial charge on any atom is -0.389 e. The number of hydrogen-bond acceptors (Lipinski definition) is 3. The summed E-state index contributed by atoms with van der Waals surface area (Å²) in [7, 11) is 0. The topological polar surface area (TPSA) is 29.3 Å². The summed E-state index contributed by atoms with van der Waals surface area (Å²) in [6.45, 7) is 6.18. The molecule has 1 heterocycles. The van der Waals surface area contributed by atoms with Crippen LogP contribution in [0.15, 0.2) is 18.2 Å². The third kappa shape index (κ3) is 3.46. The van der Waals surface area contributed by atoms with Crippen molar-refractivity contribution < 1.29 is 4.39 Å². The van der Waals surface area contributed by atoms with Crippen LogP contribution in [-0.4, -0.2) is 33.5 Å². The molecule has 2 rings (SSSR count). The molecule has 0 aliphatic carbocycles. The van der Waals surface area contributed by atoms with E-state index in [2.05, 4.69) is 18.7 Å². The number of benzene rings is 1. The zero-order valence-corrected chi connectivity index (χ0v) is 12.9. The van der Waals surface area contributed by atoms with Crippen molar-refractivity contribution in [3.63, 3.8) is 0 Å². The molecule has 1 fully saturated rings. The molecule has 2 N–H and O–H groups in total. The van der Waals surface area contributed by atoms with E-state index in [1.807, 2.05) is 11.8 Å². The van der Waals surface area contributed by atoms with E-state index in [9.17, 15) is 4.39 Å². The van der Waals surface area contributed by atoms with Crippen LogP contribution in [0.4, 0.5) is 4.39 Å². The molecule has 0 amide bonds. The highest BCUT2D eigenvalue weighted by Crippen LogP contribution is 2.26. The van der Waals surface area contributed by atoms with E-state index in [4.69, 9.17) is 18.0 Å². The van der Waals surface area contributed by atoms with Gasteiger partial charge in [0.05, 0.1) is 0 Å². The van der Waals surface area contributed by atoms with Gasteiger partial charge in [0.15, 0.2) is 0 Å². The zero-order valence-electron chi connectivity index (χ0n) is 11.2. The van der Waals surface area contributed by atoms with Gasteiger partial charge < -0.3 is 5.73 Å². The zero-order chi connectivity index (χ0) is 14.0. The molecule has 0 bridgehead atoms. The van der Waals surface area contributed by atoms with Gasteiger partial charge in [0.1, 0.15) is 10.8 Å². The summed E-state index contributed by atoms with van der Waals surface area (Å²) in [4.78, 5) is 2.71. The molecule has 2 unspecified atom stereocenters. The fourth-order valence-corrected chi connectivity index (χ4v) is 3.73. The molecule has 1 aliphatic heterocycles. The van der Waals surface area contributed by atoms with Gasteiger partial charge in [0.2, 0.25) is 0 Å². The SMILES string of the molecule is CC1SCCN(Cc2cc(F)ccc2C(N)=S)C1C. The van der Waals surface area contributed by atoms with Gasteiger partial charge in [0, 0.05) is 35.7 Å². The first-order valence-electron chi connectivity index (χ1n) is 6.43. The average Bonchev–Trinajstić information content (AvgIpc) is 2.35. The second-order valence-corrected chi connectivity index (χ2v) is 6.88. The molecule has 0 radical (unpaired) electrons. The van der Waals surface area contributed by atoms with Gasteiger partial charge >= 0.3 is 0 Å². The molecule has 104 valence electrons. The van der Waals surface area contributed by atoms with Crippen molar-refractivity contribution in [3.8, 4) is 0 Å². The Morgan fingerprint density at radius 1 is 1.53 bits per heavy atom. The Bertz CT molecular complexity index is 479. The monoisotopic (exact) mass is 298 g/mol. The van der Waals surface area contributed by atoms with Crippen LogP contribution in [0.2, 0.25) is 0 Å². The Kier molecular flexibility index (Phi) is 4.81. The summed E-state index contributed by atoms with van der Waals surface area (Å²) < 4.78 is 13.4. The molecule has 1 aliphatic rings. The molecule has 2 atom stereocenters. The lowest BCUT2D eigenvalue weighted by molar-refractivity contribution is 0.204. The van der Waals surface area contributed by atoms with E-state index in [0.29, 0.717) is 22.8 Å². The van der Waals surface area contributed by atoms with Gasteiger partial charge in [-0.05, 0) is 30.7 Å². The Morgan fingerprint density at radius 3 is 2.95 bits per heavy atom. The number of thioether (sulfide) groups is 1. The second-order valence-electron chi connectivity index (χ2n) is 4.95. The highest BCUT2D eigenvalue weighted by atomic mass is 32.2. The maximum absolute atomic E-state index is 13.4. The van der Waals surface area contributed by atoms with Crippen LogP contribution in [0, 0.1) is 5.82 Å². The smallest absolute Gasteiger partial charge is 0.123 e. The van der Waals surface area contributed by atoms with Gasteiger partial charge in [-0.3, -0.25) is 4.90 Å². The molecule has 19 heavy (non-hydrogen) atoms. The van der Waals surface area contributed by atoms with Crippen LogP contribution in [0.5, 0.6) is 0 Å². The van der Waals surface area contributed by atoms with Gasteiger partial charge in [-0.15, -0.1) is 0 Å². The van der Waals surface area contributed by atoms with Crippen molar-refractivity contribution in [2.24, 2.45) is 5.73 Å². The number of nitrogens with zero attached hydrogens (tertiary/aromatic N) is 1. The Labute approximate surface area is 123 Å². The average molecular weight is 298 g/mol. The second kappa shape index (κ2) is 6.20. The fraction of sp³-hybridized carbons (Fsp3) is 0.500. The highest BCUT2D eigenvalue weighted by molar-refractivity contribution is 8.00. The largest absolute Gasteiger partial charge is 0.389 e. The summed E-state index contributed by atoms with van der Waals surface area (Å²) >= 11 is 7.03. The van der Waals surface area contributed by atoms with Gasteiger partial charge in [-0.1, -0.05) is 19.1 Å². The van der Waals surface area contributed by atoms with Crippen molar-refractivity contribution in [1.29, 1.82) is 0 Å². The summed E-state index contributed by atoms with van der Waals surface area (Å²) in [5, 5.41) is 0.593. The van der Waals surface area contributed by atoms with Crippen LogP contribution in [0.25, 0.3) is 0 Å². The fourth-order valence-electron chi connectivity index (χ4n) is 2.37. The van der Waals surface area contributed by atoms with E-state index in [-0.39, 0.29) is 5.82 Å². The number of hydrogen-bond donors (Lipinski definition) is 1. The van der Waals surface area contributed by atoms with Crippen molar-refractivity contribution in [2.45, 2.75) is 31.7 Å². The van der Waals surface area contributed by atoms with E-state index in [1.165, 1.54) is 6.07 Å². The Balaban J connectivity index is 2.22. The third-order valence-electron chi connectivity index (χ3n) is 3.72. The Morgan fingerprint density at radius 2 is 2.26 bits per heavy atom. The molecule has 5 heteroatoms. The summed E-state index contributed by atoms with van der Waals surface area (Å²) in [5.41, 5.74) is 7.39. The summed E-state index contributed by atoms with van der Waals surface area (Å²) in [5.74, 6) is 0.880. The first-order valence-corrected chi connectivity index (χ1v) is 7.88. The number of halogens is 1. The molecule has 1 aromatic carbocycles.